The third-order valence-corrected chi connectivity index (χ3v) is 1.95. The van der Waals surface area contributed by atoms with Gasteiger partial charge in [-0.25, -0.2) is 9.97 Å². The van der Waals surface area contributed by atoms with Crippen LogP contribution in [-0.4, -0.2) is 9.97 Å². The van der Waals surface area contributed by atoms with Gasteiger partial charge in [-0.2, -0.15) is 4.39 Å². The first-order chi connectivity index (χ1) is 4.86. The molecule has 2 aromatic heterocycles. The van der Waals surface area contributed by atoms with Crippen LogP contribution in [0.3, 0.4) is 0 Å². The standard InChI is InChI=1S/C6H3FN2S/c7-5-3-8-6-4(9-5)1-2-10-6/h1-3H. The van der Waals surface area contributed by atoms with Gasteiger partial charge in [0.2, 0.25) is 5.95 Å². The zero-order chi connectivity index (χ0) is 6.97. The van der Waals surface area contributed by atoms with Gasteiger partial charge in [0, 0.05) is 0 Å². The van der Waals surface area contributed by atoms with Crippen LogP contribution in [0.5, 0.6) is 0 Å². The molecule has 0 saturated heterocycles. The molecule has 0 amide bonds. The molecule has 4 heteroatoms. The van der Waals surface area contributed by atoms with Gasteiger partial charge in [-0.3, -0.25) is 0 Å². The number of halogens is 1. The summed E-state index contributed by atoms with van der Waals surface area (Å²) < 4.78 is 12.3. The van der Waals surface area contributed by atoms with Crippen LogP contribution in [0.15, 0.2) is 17.6 Å². The molecule has 0 N–H and O–H groups in total. The van der Waals surface area contributed by atoms with Crippen molar-refractivity contribution in [1.82, 2.24) is 9.97 Å². The Bertz CT molecular complexity index is 357. The summed E-state index contributed by atoms with van der Waals surface area (Å²) in [6.45, 7) is 0. The third-order valence-electron chi connectivity index (χ3n) is 1.14. The van der Waals surface area contributed by atoms with E-state index in [-0.39, 0.29) is 0 Å². The largest absolute Gasteiger partial charge is 0.239 e. The van der Waals surface area contributed by atoms with Crippen molar-refractivity contribution in [3.8, 4) is 0 Å². The van der Waals surface area contributed by atoms with E-state index < -0.39 is 5.95 Å². The number of rotatable bonds is 0. The zero-order valence-corrected chi connectivity index (χ0v) is 5.73. The first-order valence-corrected chi connectivity index (χ1v) is 3.60. The maximum Gasteiger partial charge on any atom is 0.232 e. The van der Waals surface area contributed by atoms with E-state index in [1.807, 2.05) is 5.38 Å². The van der Waals surface area contributed by atoms with Gasteiger partial charge >= 0.3 is 0 Å². The highest BCUT2D eigenvalue weighted by atomic mass is 32.1. The van der Waals surface area contributed by atoms with Crippen molar-refractivity contribution in [2.45, 2.75) is 0 Å². The van der Waals surface area contributed by atoms with Crippen molar-refractivity contribution in [3.63, 3.8) is 0 Å². The molecule has 2 nitrogen and oxygen atoms in total. The van der Waals surface area contributed by atoms with Crippen LogP contribution in [0.25, 0.3) is 10.3 Å². The summed E-state index contributed by atoms with van der Waals surface area (Å²) in [6.07, 6.45) is 1.12. The van der Waals surface area contributed by atoms with Gasteiger partial charge in [0.05, 0.1) is 6.20 Å². The van der Waals surface area contributed by atoms with Crippen LogP contribution in [0, 0.1) is 5.95 Å². The molecular formula is C6H3FN2S. The first-order valence-electron chi connectivity index (χ1n) is 2.72. The van der Waals surface area contributed by atoms with Crippen molar-refractivity contribution in [1.29, 1.82) is 0 Å². The SMILES string of the molecule is Fc1cnc2sccc2n1. The number of thiophene rings is 1. The Balaban J connectivity index is 2.86. The fourth-order valence-corrected chi connectivity index (χ4v) is 1.41. The van der Waals surface area contributed by atoms with Crippen molar-refractivity contribution < 1.29 is 4.39 Å². The lowest BCUT2D eigenvalue weighted by molar-refractivity contribution is 0.583. The third kappa shape index (κ3) is 0.769. The summed E-state index contributed by atoms with van der Waals surface area (Å²) in [5.41, 5.74) is 0.630. The lowest BCUT2D eigenvalue weighted by Crippen LogP contribution is -1.82. The van der Waals surface area contributed by atoms with Gasteiger partial charge in [-0.1, -0.05) is 0 Å². The molecule has 0 fully saturated rings. The molecule has 0 aliphatic heterocycles. The molecule has 0 bridgehead atoms. The second-order valence-corrected chi connectivity index (χ2v) is 2.70. The molecule has 0 atom stereocenters. The Kier molecular flexibility index (Phi) is 1.14. The molecule has 0 radical (unpaired) electrons. The second-order valence-electron chi connectivity index (χ2n) is 1.80. The monoisotopic (exact) mass is 154 g/mol. The van der Waals surface area contributed by atoms with Crippen LogP contribution in [0.1, 0.15) is 0 Å². The van der Waals surface area contributed by atoms with Gasteiger partial charge in [-0.05, 0) is 11.4 Å². The summed E-state index contributed by atoms with van der Waals surface area (Å²) in [5, 5.41) is 1.84. The second kappa shape index (κ2) is 1.98. The van der Waals surface area contributed by atoms with E-state index in [0.717, 1.165) is 11.0 Å². The number of fused-ring (bicyclic) bond motifs is 1. The molecule has 2 rings (SSSR count). The van der Waals surface area contributed by atoms with Crippen molar-refractivity contribution in [2.24, 2.45) is 0 Å². The van der Waals surface area contributed by atoms with E-state index in [0.29, 0.717) is 5.52 Å². The Morgan fingerprint density at radius 1 is 1.50 bits per heavy atom. The summed E-state index contributed by atoms with van der Waals surface area (Å²) >= 11 is 1.46. The minimum atomic E-state index is -0.522. The maximum absolute atomic E-state index is 12.3. The van der Waals surface area contributed by atoms with Gasteiger partial charge in [0.15, 0.2) is 0 Å². The minimum absolute atomic E-state index is 0.522. The van der Waals surface area contributed by atoms with Gasteiger partial charge in [0.25, 0.3) is 0 Å². The van der Waals surface area contributed by atoms with E-state index in [1.54, 1.807) is 6.07 Å². The first kappa shape index (κ1) is 5.73. The predicted octanol–water partition coefficient (Wildman–Crippen LogP) is 1.83. The highest BCUT2D eigenvalue weighted by Gasteiger charge is 1.97. The highest BCUT2D eigenvalue weighted by Crippen LogP contribution is 2.14. The van der Waals surface area contributed by atoms with E-state index in [9.17, 15) is 4.39 Å². The lowest BCUT2D eigenvalue weighted by Gasteiger charge is -1.85. The topological polar surface area (TPSA) is 25.8 Å². The van der Waals surface area contributed by atoms with Crippen molar-refractivity contribution >= 4 is 21.7 Å². The van der Waals surface area contributed by atoms with E-state index in [4.69, 9.17) is 0 Å². The fourth-order valence-electron chi connectivity index (χ4n) is 0.732. The molecule has 2 heterocycles. The number of aromatic nitrogens is 2. The smallest absolute Gasteiger partial charge is 0.232 e. The van der Waals surface area contributed by atoms with Crippen LogP contribution in [0.2, 0.25) is 0 Å². The van der Waals surface area contributed by atoms with Crippen molar-refractivity contribution in [3.05, 3.63) is 23.6 Å². The molecule has 10 heavy (non-hydrogen) atoms. The normalized spacial score (nSPS) is 10.5. The molecule has 0 saturated carbocycles. The van der Waals surface area contributed by atoms with Crippen LogP contribution in [0.4, 0.5) is 4.39 Å². The van der Waals surface area contributed by atoms with Crippen molar-refractivity contribution in [2.75, 3.05) is 0 Å². The summed E-state index contributed by atoms with van der Waals surface area (Å²) in [4.78, 5) is 8.22. The molecular weight excluding hydrogens is 151 g/mol. The zero-order valence-electron chi connectivity index (χ0n) is 4.91. The van der Waals surface area contributed by atoms with Crippen LogP contribution >= 0.6 is 11.3 Å². The predicted molar refractivity (Wildman–Crippen MR) is 37.4 cm³/mol. The molecule has 2 aromatic rings. The fraction of sp³-hybridized carbons (Fsp3) is 0. The maximum atomic E-state index is 12.3. The van der Waals surface area contributed by atoms with Crippen LogP contribution < -0.4 is 0 Å². The summed E-state index contributed by atoms with van der Waals surface area (Å²) in [7, 11) is 0. The van der Waals surface area contributed by atoms with E-state index in [2.05, 4.69) is 9.97 Å². The summed E-state index contributed by atoms with van der Waals surface area (Å²) in [6, 6.07) is 1.75. The summed E-state index contributed by atoms with van der Waals surface area (Å²) in [5.74, 6) is -0.522. The number of hydrogen-bond acceptors (Lipinski definition) is 3. The van der Waals surface area contributed by atoms with Gasteiger partial charge in [0.1, 0.15) is 10.3 Å². The average Bonchev–Trinajstić information content (AvgIpc) is 2.33. The van der Waals surface area contributed by atoms with Gasteiger partial charge < -0.3 is 0 Å². The Morgan fingerprint density at radius 2 is 2.40 bits per heavy atom. The Morgan fingerprint density at radius 3 is 3.30 bits per heavy atom. The Labute approximate surface area is 60.4 Å². The van der Waals surface area contributed by atoms with Gasteiger partial charge in [-0.15, -0.1) is 11.3 Å². The minimum Gasteiger partial charge on any atom is -0.239 e. The number of nitrogens with zero attached hydrogens (tertiary/aromatic N) is 2. The molecule has 0 spiro atoms. The molecule has 0 aliphatic carbocycles. The Hall–Kier alpha value is -1.03. The van der Waals surface area contributed by atoms with E-state index >= 15 is 0 Å². The molecule has 0 aliphatic rings. The average molecular weight is 154 g/mol. The molecule has 0 aromatic carbocycles. The quantitative estimate of drug-likeness (QED) is 0.578. The highest BCUT2D eigenvalue weighted by molar-refractivity contribution is 7.16. The lowest BCUT2D eigenvalue weighted by atomic mass is 10.5. The number of hydrogen-bond donors (Lipinski definition) is 0. The van der Waals surface area contributed by atoms with Crippen LogP contribution in [-0.2, 0) is 0 Å². The molecule has 0 unspecified atom stereocenters. The van der Waals surface area contributed by atoms with E-state index in [1.165, 1.54) is 11.3 Å². The molecule has 50 valence electrons.